The zero-order valence-corrected chi connectivity index (χ0v) is 14.0. The second-order valence-corrected chi connectivity index (χ2v) is 8.52. The van der Waals surface area contributed by atoms with Crippen LogP contribution in [0.15, 0.2) is 0 Å². The predicted molar refractivity (Wildman–Crippen MR) is 76.2 cm³/mol. The summed E-state index contributed by atoms with van der Waals surface area (Å²) in [4.78, 5) is 0. The minimum Gasteiger partial charge on any atom is -0.355 e. The molecule has 0 aromatic carbocycles. The molecule has 5 nitrogen and oxygen atoms in total. The third-order valence-electron chi connectivity index (χ3n) is 3.11. The van der Waals surface area contributed by atoms with Gasteiger partial charge in [-0.1, -0.05) is 20.8 Å². The fourth-order valence-electron chi connectivity index (χ4n) is 2.19. The van der Waals surface area contributed by atoms with E-state index < -0.39 is 19.0 Å². The highest BCUT2D eigenvalue weighted by Crippen LogP contribution is 2.58. The fraction of sp³-hybridized carbons (Fsp3) is 1.00. The van der Waals surface area contributed by atoms with Gasteiger partial charge >= 0.3 is 7.60 Å². The van der Waals surface area contributed by atoms with Gasteiger partial charge in [-0.25, -0.2) is 0 Å². The monoisotopic (exact) mass is 293 g/mol. The Morgan fingerprint density at radius 2 is 1.68 bits per heavy atom. The Morgan fingerprint density at radius 1 is 1.21 bits per heavy atom. The van der Waals surface area contributed by atoms with E-state index in [1.165, 1.54) is 0 Å². The minimum atomic E-state index is -3.23. The number of hydrogen-bond acceptors (Lipinski definition) is 5. The Morgan fingerprint density at radius 3 is 2.00 bits per heavy atom. The van der Waals surface area contributed by atoms with Gasteiger partial charge in [0, 0.05) is 5.41 Å². The highest BCUT2D eigenvalue weighted by molar-refractivity contribution is 7.54. The van der Waals surface area contributed by atoms with Gasteiger partial charge in [-0.15, -0.1) is 0 Å². The molecule has 0 saturated carbocycles. The maximum Gasteiger partial charge on any atom is 0.350 e. The van der Waals surface area contributed by atoms with Crippen LogP contribution in [0.2, 0.25) is 0 Å². The van der Waals surface area contributed by atoms with Crippen molar-refractivity contribution in [2.75, 3.05) is 13.2 Å². The number of nitrogens with one attached hydrogen (secondary N) is 1. The van der Waals surface area contributed by atoms with Crippen molar-refractivity contribution >= 4 is 7.60 Å². The van der Waals surface area contributed by atoms with Crippen LogP contribution in [-0.4, -0.2) is 30.8 Å². The quantitative estimate of drug-likeness (QED) is 0.788. The first-order valence-electron chi connectivity index (χ1n) is 6.89. The Bertz CT molecular complexity index is 341. The van der Waals surface area contributed by atoms with Crippen LogP contribution >= 0.6 is 7.60 Å². The Balaban J connectivity index is 3.00. The van der Waals surface area contributed by atoms with Crippen LogP contribution in [0.1, 0.15) is 48.5 Å². The zero-order valence-electron chi connectivity index (χ0n) is 13.1. The lowest BCUT2D eigenvalue weighted by molar-refractivity contribution is -0.0657. The molecule has 2 atom stereocenters. The maximum absolute atomic E-state index is 12.9. The summed E-state index contributed by atoms with van der Waals surface area (Å²) in [6.45, 7) is 14.4. The molecule has 1 aliphatic heterocycles. The number of rotatable bonds is 5. The maximum atomic E-state index is 12.9. The molecule has 0 amide bonds. The van der Waals surface area contributed by atoms with Crippen LogP contribution in [0.5, 0.6) is 0 Å². The third-order valence-corrected chi connectivity index (χ3v) is 5.75. The van der Waals surface area contributed by atoms with E-state index in [-0.39, 0.29) is 11.6 Å². The smallest absolute Gasteiger partial charge is 0.350 e. The average Bonchev–Trinajstić information content (AvgIpc) is 2.55. The van der Waals surface area contributed by atoms with E-state index in [0.717, 1.165) is 0 Å². The lowest BCUT2D eigenvalue weighted by Gasteiger charge is -2.30. The molecule has 0 radical (unpaired) electrons. The van der Waals surface area contributed by atoms with Gasteiger partial charge in [-0.05, 0) is 27.7 Å². The van der Waals surface area contributed by atoms with E-state index in [9.17, 15) is 4.57 Å². The molecule has 0 spiro atoms. The second kappa shape index (κ2) is 5.82. The predicted octanol–water partition coefficient (Wildman–Crippen LogP) is 3.35. The van der Waals surface area contributed by atoms with Crippen molar-refractivity contribution in [1.29, 1.82) is 0 Å². The van der Waals surface area contributed by atoms with Crippen molar-refractivity contribution in [3.05, 3.63) is 0 Å². The first-order valence-corrected chi connectivity index (χ1v) is 8.50. The summed E-state index contributed by atoms with van der Waals surface area (Å²) in [6, 6.07) is 0. The van der Waals surface area contributed by atoms with E-state index in [4.69, 9.17) is 13.8 Å². The summed E-state index contributed by atoms with van der Waals surface area (Å²) in [5, 5.41) is 3.30. The SMILES string of the molecule is CCOP(=O)(OCC)C1NC(C(C)(C)C)OC1(C)C. The van der Waals surface area contributed by atoms with E-state index in [0.29, 0.717) is 13.2 Å². The second-order valence-electron chi connectivity index (χ2n) is 6.41. The fourth-order valence-corrected chi connectivity index (χ4v) is 4.42. The van der Waals surface area contributed by atoms with Crippen molar-refractivity contribution in [2.45, 2.75) is 66.1 Å². The van der Waals surface area contributed by atoms with Crippen LogP contribution < -0.4 is 5.32 Å². The summed E-state index contributed by atoms with van der Waals surface area (Å²) >= 11 is 0. The molecule has 114 valence electrons. The summed E-state index contributed by atoms with van der Waals surface area (Å²) in [6.07, 6.45) is -0.179. The molecule has 1 heterocycles. The molecule has 0 aromatic heterocycles. The van der Waals surface area contributed by atoms with E-state index in [2.05, 4.69) is 26.1 Å². The zero-order chi connectivity index (χ0) is 14.9. The molecule has 1 fully saturated rings. The lowest BCUT2D eigenvalue weighted by Crippen LogP contribution is -2.42. The van der Waals surface area contributed by atoms with Crippen molar-refractivity contribution in [3.63, 3.8) is 0 Å². The average molecular weight is 293 g/mol. The van der Waals surface area contributed by atoms with Crippen molar-refractivity contribution < 1.29 is 18.3 Å². The molecule has 1 N–H and O–H groups in total. The van der Waals surface area contributed by atoms with Crippen molar-refractivity contribution in [3.8, 4) is 0 Å². The summed E-state index contributed by atoms with van der Waals surface area (Å²) in [5.74, 6) is -0.455. The van der Waals surface area contributed by atoms with E-state index in [1.54, 1.807) is 0 Å². The molecule has 19 heavy (non-hydrogen) atoms. The summed E-state index contributed by atoms with van der Waals surface area (Å²) in [7, 11) is -3.23. The molecular formula is C13H28NO4P. The van der Waals surface area contributed by atoms with E-state index >= 15 is 0 Å². The molecule has 0 bridgehead atoms. The summed E-state index contributed by atoms with van der Waals surface area (Å²) in [5.41, 5.74) is -0.687. The topological polar surface area (TPSA) is 56.8 Å². The first kappa shape index (κ1) is 17.1. The highest BCUT2D eigenvalue weighted by Gasteiger charge is 2.55. The van der Waals surface area contributed by atoms with Gasteiger partial charge in [-0.3, -0.25) is 9.88 Å². The minimum absolute atomic E-state index is 0.0880. The standard InChI is InChI=1S/C13H28NO4P/c1-8-16-19(15,17-9-2)11-13(6,7)18-10(14-11)12(3,4)5/h10-11,14H,8-9H2,1-7H3. The van der Waals surface area contributed by atoms with E-state index in [1.807, 2.05) is 27.7 Å². The highest BCUT2D eigenvalue weighted by atomic mass is 31.2. The van der Waals surface area contributed by atoms with Gasteiger partial charge in [0.25, 0.3) is 0 Å². The Kier molecular flexibility index (Phi) is 5.25. The van der Waals surface area contributed by atoms with Gasteiger partial charge in [0.2, 0.25) is 0 Å². The Hall–Kier alpha value is 0.0700. The molecule has 0 aromatic rings. The van der Waals surface area contributed by atoms with Gasteiger partial charge in [0.15, 0.2) is 0 Å². The van der Waals surface area contributed by atoms with Gasteiger partial charge < -0.3 is 13.8 Å². The van der Waals surface area contributed by atoms with Crippen LogP contribution in [0.25, 0.3) is 0 Å². The summed E-state index contributed by atoms with van der Waals surface area (Å²) < 4.78 is 29.8. The van der Waals surface area contributed by atoms with Crippen LogP contribution in [0.4, 0.5) is 0 Å². The van der Waals surface area contributed by atoms with Gasteiger partial charge in [-0.2, -0.15) is 0 Å². The van der Waals surface area contributed by atoms with Gasteiger partial charge in [0.05, 0.1) is 18.8 Å². The third kappa shape index (κ3) is 3.79. The van der Waals surface area contributed by atoms with Crippen LogP contribution in [-0.2, 0) is 18.3 Å². The Labute approximate surface area is 116 Å². The van der Waals surface area contributed by atoms with Crippen LogP contribution in [0, 0.1) is 5.41 Å². The molecule has 6 heteroatoms. The van der Waals surface area contributed by atoms with Gasteiger partial charge in [0.1, 0.15) is 12.0 Å². The van der Waals surface area contributed by atoms with Crippen molar-refractivity contribution in [1.82, 2.24) is 5.32 Å². The first-order chi connectivity index (χ1) is 8.57. The number of hydrogen-bond donors (Lipinski definition) is 1. The molecule has 0 aliphatic carbocycles. The lowest BCUT2D eigenvalue weighted by atomic mass is 9.94. The largest absolute Gasteiger partial charge is 0.355 e. The normalized spacial score (nSPS) is 27.7. The molecule has 1 aliphatic rings. The molecule has 2 unspecified atom stereocenters. The molecule has 1 rings (SSSR count). The molecule has 1 saturated heterocycles. The molecular weight excluding hydrogens is 265 g/mol. The van der Waals surface area contributed by atoms with Crippen LogP contribution in [0.3, 0.4) is 0 Å². The number of ether oxygens (including phenoxy) is 1. The van der Waals surface area contributed by atoms with Crippen molar-refractivity contribution in [2.24, 2.45) is 5.41 Å².